The topological polar surface area (TPSA) is 67.4 Å². The second-order valence-electron chi connectivity index (χ2n) is 5.06. The van der Waals surface area contributed by atoms with Crippen molar-refractivity contribution in [2.45, 2.75) is 38.1 Å². The zero-order chi connectivity index (χ0) is 14.4. The maximum Gasteiger partial charge on any atom is 0.277 e. The van der Waals surface area contributed by atoms with Gasteiger partial charge in [0.1, 0.15) is 5.75 Å². The van der Waals surface area contributed by atoms with Crippen molar-refractivity contribution in [3.63, 3.8) is 0 Å². The number of para-hydroxylation sites is 1. The molecular formula is C14H22N2O3S. The second-order valence-corrected chi connectivity index (χ2v) is 6.59. The van der Waals surface area contributed by atoms with Crippen LogP contribution in [0.4, 0.5) is 0 Å². The van der Waals surface area contributed by atoms with Crippen molar-refractivity contribution < 1.29 is 13.2 Å². The Bertz CT molecular complexity index is 525. The standard InChI is InChI=1S/C14H22N2O3S/c1-19-14-9-5-2-6-12(14)10-11-15-20(17,18)16-13-7-3-4-8-13/h2,5-6,9,13,15-16H,3-4,7-8,10-11H2,1H3. The number of nitrogens with one attached hydrogen (secondary N) is 2. The van der Waals surface area contributed by atoms with Crippen molar-refractivity contribution in [3.05, 3.63) is 29.8 Å². The molecule has 1 aliphatic rings. The van der Waals surface area contributed by atoms with Gasteiger partial charge in [0.05, 0.1) is 7.11 Å². The van der Waals surface area contributed by atoms with E-state index < -0.39 is 10.2 Å². The van der Waals surface area contributed by atoms with Gasteiger partial charge < -0.3 is 4.74 Å². The molecular weight excluding hydrogens is 276 g/mol. The molecule has 2 rings (SSSR count). The normalized spacial score (nSPS) is 16.4. The third kappa shape index (κ3) is 4.47. The highest BCUT2D eigenvalue weighted by Crippen LogP contribution is 2.19. The lowest BCUT2D eigenvalue weighted by molar-refractivity contribution is 0.409. The fraction of sp³-hybridized carbons (Fsp3) is 0.571. The second kappa shape index (κ2) is 7.06. The lowest BCUT2D eigenvalue weighted by atomic mass is 10.1. The Hall–Kier alpha value is -1.11. The molecule has 2 N–H and O–H groups in total. The number of hydrogen-bond donors (Lipinski definition) is 2. The SMILES string of the molecule is COc1ccccc1CCNS(=O)(=O)NC1CCCC1. The summed E-state index contributed by atoms with van der Waals surface area (Å²) in [7, 11) is -1.78. The van der Waals surface area contributed by atoms with E-state index in [1.165, 1.54) is 0 Å². The quantitative estimate of drug-likeness (QED) is 0.803. The molecule has 20 heavy (non-hydrogen) atoms. The summed E-state index contributed by atoms with van der Waals surface area (Å²) in [6, 6.07) is 7.73. The number of ether oxygens (including phenoxy) is 1. The Balaban J connectivity index is 1.82. The van der Waals surface area contributed by atoms with Crippen LogP contribution >= 0.6 is 0 Å². The molecule has 0 amide bonds. The first-order valence-electron chi connectivity index (χ1n) is 6.99. The molecule has 1 saturated carbocycles. The van der Waals surface area contributed by atoms with Crippen LogP contribution in [0.1, 0.15) is 31.2 Å². The Labute approximate surface area is 120 Å². The largest absolute Gasteiger partial charge is 0.496 e. The van der Waals surface area contributed by atoms with Crippen LogP contribution in [0.2, 0.25) is 0 Å². The lowest BCUT2D eigenvalue weighted by Gasteiger charge is -2.13. The predicted octanol–water partition coefficient (Wildman–Crippen LogP) is 1.60. The monoisotopic (exact) mass is 298 g/mol. The predicted molar refractivity (Wildman–Crippen MR) is 79.0 cm³/mol. The minimum absolute atomic E-state index is 0.0961. The Morgan fingerprint density at radius 1 is 1.25 bits per heavy atom. The van der Waals surface area contributed by atoms with Crippen LogP contribution in [-0.4, -0.2) is 28.1 Å². The molecule has 1 fully saturated rings. The van der Waals surface area contributed by atoms with Crippen LogP contribution < -0.4 is 14.2 Å². The molecule has 0 atom stereocenters. The van der Waals surface area contributed by atoms with Crippen LogP contribution in [-0.2, 0) is 16.6 Å². The van der Waals surface area contributed by atoms with E-state index in [0.717, 1.165) is 37.0 Å². The average molecular weight is 298 g/mol. The molecule has 0 aromatic heterocycles. The Morgan fingerprint density at radius 2 is 1.95 bits per heavy atom. The highest BCUT2D eigenvalue weighted by atomic mass is 32.2. The molecule has 0 saturated heterocycles. The number of rotatable bonds is 7. The summed E-state index contributed by atoms with van der Waals surface area (Å²) >= 11 is 0. The summed E-state index contributed by atoms with van der Waals surface area (Å²) in [4.78, 5) is 0. The van der Waals surface area contributed by atoms with Crippen molar-refractivity contribution in [1.82, 2.24) is 9.44 Å². The summed E-state index contributed by atoms with van der Waals surface area (Å²) in [5.41, 5.74) is 0.999. The molecule has 112 valence electrons. The molecule has 0 aliphatic heterocycles. The molecule has 1 aromatic rings. The summed E-state index contributed by atoms with van der Waals surface area (Å²) in [6.07, 6.45) is 4.69. The average Bonchev–Trinajstić information content (AvgIpc) is 2.91. The van der Waals surface area contributed by atoms with Crippen molar-refractivity contribution in [2.75, 3.05) is 13.7 Å². The highest BCUT2D eigenvalue weighted by Gasteiger charge is 2.20. The lowest BCUT2D eigenvalue weighted by Crippen LogP contribution is -2.42. The third-order valence-corrected chi connectivity index (χ3v) is 4.78. The fourth-order valence-electron chi connectivity index (χ4n) is 2.53. The van der Waals surface area contributed by atoms with Gasteiger partial charge in [0.15, 0.2) is 0 Å². The molecule has 1 aliphatic carbocycles. The van der Waals surface area contributed by atoms with Gasteiger partial charge in [-0.1, -0.05) is 31.0 Å². The van der Waals surface area contributed by atoms with Gasteiger partial charge in [-0.2, -0.15) is 13.1 Å². The zero-order valence-electron chi connectivity index (χ0n) is 11.8. The van der Waals surface area contributed by atoms with Gasteiger partial charge in [0.2, 0.25) is 0 Å². The molecule has 0 unspecified atom stereocenters. The van der Waals surface area contributed by atoms with Crippen molar-refractivity contribution in [2.24, 2.45) is 0 Å². The number of methoxy groups -OCH3 is 1. The van der Waals surface area contributed by atoms with E-state index >= 15 is 0 Å². The molecule has 5 nitrogen and oxygen atoms in total. The van der Waals surface area contributed by atoms with E-state index in [9.17, 15) is 8.42 Å². The maximum atomic E-state index is 11.9. The third-order valence-electron chi connectivity index (χ3n) is 3.56. The summed E-state index contributed by atoms with van der Waals surface area (Å²) in [5, 5.41) is 0. The summed E-state index contributed by atoms with van der Waals surface area (Å²) < 4.78 is 34.3. The highest BCUT2D eigenvalue weighted by molar-refractivity contribution is 7.87. The van der Waals surface area contributed by atoms with E-state index in [2.05, 4.69) is 9.44 Å². The molecule has 1 aromatic carbocycles. The molecule has 0 bridgehead atoms. The summed E-state index contributed by atoms with van der Waals surface area (Å²) in [6.45, 7) is 0.364. The number of hydrogen-bond acceptors (Lipinski definition) is 3. The van der Waals surface area contributed by atoms with Gasteiger partial charge in [0.25, 0.3) is 10.2 Å². The first-order valence-corrected chi connectivity index (χ1v) is 8.48. The molecule has 0 spiro atoms. The van der Waals surface area contributed by atoms with Crippen LogP contribution in [0.3, 0.4) is 0 Å². The van der Waals surface area contributed by atoms with E-state index in [1.807, 2.05) is 24.3 Å². The fourth-order valence-corrected chi connectivity index (χ4v) is 3.66. The van der Waals surface area contributed by atoms with Gasteiger partial charge >= 0.3 is 0 Å². The van der Waals surface area contributed by atoms with Crippen LogP contribution in [0.15, 0.2) is 24.3 Å². The minimum atomic E-state index is -3.40. The van der Waals surface area contributed by atoms with Gasteiger partial charge in [0, 0.05) is 12.6 Å². The van der Waals surface area contributed by atoms with Crippen LogP contribution in [0.25, 0.3) is 0 Å². The molecule has 0 radical (unpaired) electrons. The van der Waals surface area contributed by atoms with E-state index in [0.29, 0.717) is 13.0 Å². The van der Waals surface area contributed by atoms with Crippen molar-refractivity contribution in [3.8, 4) is 5.75 Å². The van der Waals surface area contributed by atoms with E-state index in [-0.39, 0.29) is 6.04 Å². The van der Waals surface area contributed by atoms with E-state index in [1.54, 1.807) is 7.11 Å². The van der Waals surface area contributed by atoms with Crippen LogP contribution in [0, 0.1) is 0 Å². The smallest absolute Gasteiger partial charge is 0.277 e. The van der Waals surface area contributed by atoms with Gasteiger partial charge in [-0.25, -0.2) is 4.72 Å². The van der Waals surface area contributed by atoms with Gasteiger partial charge in [-0.3, -0.25) is 0 Å². The van der Waals surface area contributed by atoms with Crippen LogP contribution in [0.5, 0.6) is 5.75 Å². The van der Waals surface area contributed by atoms with Gasteiger partial charge in [-0.05, 0) is 30.9 Å². The van der Waals surface area contributed by atoms with Gasteiger partial charge in [-0.15, -0.1) is 0 Å². The molecule has 0 heterocycles. The summed E-state index contributed by atoms with van der Waals surface area (Å²) in [5.74, 6) is 0.787. The maximum absolute atomic E-state index is 11.9. The van der Waals surface area contributed by atoms with E-state index in [4.69, 9.17) is 4.74 Å². The number of benzene rings is 1. The zero-order valence-corrected chi connectivity index (χ0v) is 12.6. The minimum Gasteiger partial charge on any atom is -0.496 e. The first kappa shape index (κ1) is 15.3. The first-order chi connectivity index (χ1) is 9.61. The molecule has 6 heteroatoms. The van der Waals surface area contributed by atoms with Crippen molar-refractivity contribution >= 4 is 10.2 Å². The Kier molecular flexibility index (Phi) is 5.39. The van der Waals surface area contributed by atoms with Crippen molar-refractivity contribution in [1.29, 1.82) is 0 Å². The Morgan fingerprint density at radius 3 is 2.65 bits per heavy atom.